The zero-order chi connectivity index (χ0) is 16.0. The van der Waals surface area contributed by atoms with Gasteiger partial charge in [0.1, 0.15) is 5.75 Å². The van der Waals surface area contributed by atoms with Crippen LogP contribution in [0.5, 0.6) is 5.75 Å². The van der Waals surface area contributed by atoms with Crippen LogP contribution in [0.2, 0.25) is 5.02 Å². The van der Waals surface area contributed by atoms with Gasteiger partial charge in [-0.1, -0.05) is 18.5 Å². The van der Waals surface area contributed by atoms with Crippen LogP contribution in [0.15, 0.2) is 12.1 Å². The van der Waals surface area contributed by atoms with Crippen molar-refractivity contribution in [3.63, 3.8) is 0 Å². The summed E-state index contributed by atoms with van der Waals surface area (Å²) in [4.78, 5) is 25.0. The van der Waals surface area contributed by atoms with Crippen molar-refractivity contribution in [2.24, 2.45) is 0 Å². The Bertz CT molecular complexity index is 532. The zero-order valence-corrected chi connectivity index (χ0v) is 13.3. The standard InChI is InChI=1S/C15H21ClN2O3/c1-4-17-14(20)9-18(5-2)8-11-6-12(16)7-13(10(3)19)15(11)21/h6-7,21H,4-5,8-9H2,1-3H3,(H,17,20). The van der Waals surface area contributed by atoms with Gasteiger partial charge in [0.05, 0.1) is 12.1 Å². The van der Waals surface area contributed by atoms with E-state index in [2.05, 4.69) is 5.32 Å². The number of carbonyl (C=O) groups excluding carboxylic acids is 2. The number of Topliss-reactive ketones (excluding diaryl/α,β-unsaturated/α-hetero) is 1. The van der Waals surface area contributed by atoms with Crippen LogP contribution in [0.25, 0.3) is 0 Å². The summed E-state index contributed by atoms with van der Waals surface area (Å²) in [6.45, 7) is 6.95. The number of hydrogen-bond donors (Lipinski definition) is 2. The van der Waals surface area contributed by atoms with E-state index in [0.717, 1.165) is 0 Å². The number of amides is 1. The fraction of sp³-hybridized carbons (Fsp3) is 0.467. The third kappa shape index (κ3) is 5.02. The maximum Gasteiger partial charge on any atom is 0.234 e. The van der Waals surface area contributed by atoms with Gasteiger partial charge in [0, 0.05) is 23.7 Å². The number of carbonyl (C=O) groups is 2. The third-order valence-electron chi connectivity index (χ3n) is 3.12. The average Bonchev–Trinajstić information content (AvgIpc) is 2.41. The number of phenolic OH excluding ortho intramolecular Hbond substituents is 1. The van der Waals surface area contributed by atoms with Crippen molar-refractivity contribution in [3.8, 4) is 5.75 Å². The Morgan fingerprint density at radius 2 is 2.00 bits per heavy atom. The van der Waals surface area contributed by atoms with E-state index in [1.807, 2.05) is 18.7 Å². The molecule has 1 aromatic carbocycles. The zero-order valence-electron chi connectivity index (χ0n) is 12.6. The second-order valence-electron chi connectivity index (χ2n) is 4.77. The smallest absolute Gasteiger partial charge is 0.234 e. The number of rotatable bonds is 7. The van der Waals surface area contributed by atoms with Crippen LogP contribution in [0, 0.1) is 0 Å². The van der Waals surface area contributed by atoms with E-state index >= 15 is 0 Å². The number of phenols is 1. The molecule has 0 aromatic heterocycles. The molecule has 0 aliphatic carbocycles. The van der Waals surface area contributed by atoms with Crippen LogP contribution in [0.4, 0.5) is 0 Å². The Hall–Kier alpha value is -1.59. The fourth-order valence-electron chi connectivity index (χ4n) is 2.02. The molecule has 21 heavy (non-hydrogen) atoms. The van der Waals surface area contributed by atoms with Crippen LogP contribution < -0.4 is 5.32 Å². The molecular formula is C15H21ClN2O3. The lowest BCUT2D eigenvalue weighted by Crippen LogP contribution is -2.36. The first-order chi connectivity index (χ1) is 9.88. The summed E-state index contributed by atoms with van der Waals surface area (Å²) in [5, 5.41) is 13.3. The van der Waals surface area contributed by atoms with Crippen molar-refractivity contribution < 1.29 is 14.7 Å². The molecule has 2 N–H and O–H groups in total. The Morgan fingerprint density at radius 3 is 2.52 bits per heavy atom. The minimum Gasteiger partial charge on any atom is -0.507 e. The predicted octanol–water partition coefficient (Wildman–Crippen LogP) is 2.21. The van der Waals surface area contributed by atoms with Crippen molar-refractivity contribution in [3.05, 3.63) is 28.3 Å². The number of likely N-dealkylation sites (N-methyl/N-ethyl adjacent to an activating group) is 2. The summed E-state index contributed by atoms with van der Waals surface area (Å²) >= 11 is 5.99. The molecule has 0 bridgehead atoms. The average molecular weight is 313 g/mol. The van der Waals surface area contributed by atoms with Crippen molar-refractivity contribution >= 4 is 23.3 Å². The molecule has 0 spiro atoms. The summed E-state index contributed by atoms with van der Waals surface area (Å²) in [7, 11) is 0. The summed E-state index contributed by atoms with van der Waals surface area (Å²) in [5.41, 5.74) is 0.741. The second-order valence-corrected chi connectivity index (χ2v) is 5.21. The van der Waals surface area contributed by atoms with Gasteiger partial charge in [-0.25, -0.2) is 0 Å². The van der Waals surface area contributed by atoms with E-state index in [-0.39, 0.29) is 29.5 Å². The summed E-state index contributed by atoms with van der Waals surface area (Å²) in [6.07, 6.45) is 0. The second kappa shape index (κ2) is 8.00. The number of nitrogens with zero attached hydrogens (tertiary/aromatic N) is 1. The lowest BCUT2D eigenvalue weighted by molar-refractivity contribution is -0.122. The van der Waals surface area contributed by atoms with Gasteiger partial charge >= 0.3 is 0 Å². The lowest BCUT2D eigenvalue weighted by atomic mass is 10.1. The van der Waals surface area contributed by atoms with Crippen molar-refractivity contribution in [2.75, 3.05) is 19.6 Å². The largest absolute Gasteiger partial charge is 0.507 e. The molecule has 0 saturated heterocycles. The van der Waals surface area contributed by atoms with E-state index in [0.29, 0.717) is 30.2 Å². The van der Waals surface area contributed by atoms with E-state index in [1.54, 1.807) is 6.07 Å². The summed E-state index contributed by atoms with van der Waals surface area (Å²) in [6, 6.07) is 3.06. The Labute approximate surface area is 129 Å². The molecule has 0 aliphatic rings. The monoisotopic (exact) mass is 312 g/mol. The van der Waals surface area contributed by atoms with E-state index in [9.17, 15) is 14.7 Å². The highest BCUT2D eigenvalue weighted by molar-refractivity contribution is 6.31. The number of nitrogens with one attached hydrogen (secondary N) is 1. The van der Waals surface area contributed by atoms with Gasteiger partial charge in [0.15, 0.2) is 5.78 Å². The molecule has 116 valence electrons. The molecule has 0 radical (unpaired) electrons. The molecule has 0 atom stereocenters. The van der Waals surface area contributed by atoms with E-state index < -0.39 is 0 Å². The first-order valence-electron chi connectivity index (χ1n) is 6.90. The van der Waals surface area contributed by atoms with Crippen molar-refractivity contribution in [1.29, 1.82) is 0 Å². The van der Waals surface area contributed by atoms with Crippen molar-refractivity contribution in [1.82, 2.24) is 10.2 Å². The molecule has 0 unspecified atom stereocenters. The number of benzene rings is 1. The molecule has 1 aromatic rings. The van der Waals surface area contributed by atoms with E-state index in [1.165, 1.54) is 13.0 Å². The molecule has 0 heterocycles. The van der Waals surface area contributed by atoms with Gasteiger partial charge in [0.2, 0.25) is 5.91 Å². The molecule has 0 fully saturated rings. The minimum atomic E-state index is -0.247. The maximum absolute atomic E-state index is 11.6. The van der Waals surface area contributed by atoms with Gasteiger partial charge in [-0.15, -0.1) is 0 Å². The fourth-order valence-corrected chi connectivity index (χ4v) is 2.26. The quantitative estimate of drug-likeness (QED) is 0.757. The number of aromatic hydroxyl groups is 1. The number of ketones is 1. The Balaban J connectivity index is 2.94. The molecule has 5 nitrogen and oxygen atoms in total. The van der Waals surface area contributed by atoms with Gasteiger partial charge in [0.25, 0.3) is 0 Å². The molecule has 1 amide bonds. The van der Waals surface area contributed by atoms with Gasteiger partial charge in [-0.2, -0.15) is 0 Å². The van der Waals surface area contributed by atoms with Gasteiger partial charge in [-0.3, -0.25) is 14.5 Å². The van der Waals surface area contributed by atoms with Gasteiger partial charge in [-0.05, 0) is 32.5 Å². The maximum atomic E-state index is 11.6. The highest BCUT2D eigenvalue weighted by Crippen LogP contribution is 2.28. The summed E-state index contributed by atoms with van der Waals surface area (Å²) < 4.78 is 0. The topological polar surface area (TPSA) is 69.6 Å². The number of halogens is 1. The predicted molar refractivity (Wildman–Crippen MR) is 82.8 cm³/mol. The molecule has 6 heteroatoms. The normalized spacial score (nSPS) is 10.7. The van der Waals surface area contributed by atoms with Crippen LogP contribution in [-0.2, 0) is 11.3 Å². The third-order valence-corrected chi connectivity index (χ3v) is 3.33. The lowest BCUT2D eigenvalue weighted by Gasteiger charge is -2.21. The van der Waals surface area contributed by atoms with E-state index in [4.69, 9.17) is 11.6 Å². The summed E-state index contributed by atoms with van der Waals surface area (Å²) in [5.74, 6) is -0.392. The van der Waals surface area contributed by atoms with Crippen LogP contribution in [-0.4, -0.2) is 41.3 Å². The first kappa shape index (κ1) is 17.5. The first-order valence-corrected chi connectivity index (χ1v) is 7.28. The Morgan fingerprint density at radius 1 is 1.33 bits per heavy atom. The highest BCUT2D eigenvalue weighted by atomic mass is 35.5. The molecule has 0 aliphatic heterocycles. The van der Waals surface area contributed by atoms with Crippen molar-refractivity contribution in [2.45, 2.75) is 27.3 Å². The van der Waals surface area contributed by atoms with Gasteiger partial charge < -0.3 is 10.4 Å². The highest BCUT2D eigenvalue weighted by Gasteiger charge is 2.16. The molecular weight excluding hydrogens is 292 g/mol. The minimum absolute atomic E-state index is 0.0683. The number of hydrogen-bond acceptors (Lipinski definition) is 4. The van der Waals surface area contributed by atoms with Crippen LogP contribution in [0.3, 0.4) is 0 Å². The Kier molecular flexibility index (Phi) is 6.65. The SMILES string of the molecule is CCNC(=O)CN(CC)Cc1cc(Cl)cc(C(C)=O)c1O. The molecule has 1 rings (SSSR count). The van der Waals surface area contributed by atoms with Crippen LogP contribution in [0.1, 0.15) is 36.7 Å². The van der Waals surface area contributed by atoms with Crippen LogP contribution >= 0.6 is 11.6 Å². The molecule has 0 saturated carbocycles.